The summed E-state index contributed by atoms with van der Waals surface area (Å²) in [5.74, 6) is -2.43. The van der Waals surface area contributed by atoms with Crippen molar-refractivity contribution in [3.8, 4) is 0 Å². The summed E-state index contributed by atoms with van der Waals surface area (Å²) >= 11 is 3.44. The first kappa shape index (κ1) is 37.3. The van der Waals surface area contributed by atoms with E-state index in [2.05, 4.69) is 21.2 Å². The van der Waals surface area contributed by atoms with Crippen LogP contribution in [0.15, 0.2) is 89.4 Å². The van der Waals surface area contributed by atoms with Gasteiger partial charge in [-0.05, 0) is 41.5 Å². The molecule has 7 N–H and O–H groups in total. The maximum atomic E-state index is 14.1. The van der Waals surface area contributed by atoms with Gasteiger partial charge in [-0.15, -0.1) is 0 Å². The fourth-order valence-corrected chi connectivity index (χ4v) is 6.52. The summed E-state index contributed by atoms with van der Waals surface area (Å²) in [5, 5.41) is 63.8. The summed E-state index contributed by atoms with van der Waals surface area (Å²) in [5.41, 5.74) is 0.637. The highest BCUT2D eigenvalue weighted by atomic mass is 79.9. The predicted molar refractivity (Wildman–Crippen MR) is 185 cm³/mol. The molecule has 0 bridgehead atoms. The number of fused-ring (bicyclic) bond motifs is 1. The van der Waals surface area contributed by atoms with Crippen LogP contribution in [0, 0.1) is 5.92 Å². The Bertz CT molecular complexity index is 1730. The molecule has 0 saturated carbocycles. The Labute approximate surface area is 297 Å². The topological polar surface area (TPSA) is 200 Å². The number of nitrogens with one attached hydrogen (secondary N) is 1. The second-order valence-corrected chi connectivity index (χ2v) is 13.3. The number of anilines is 2. The zero-order chi connectivity index (χ0) is 36.2. The van der Waals surface area contributed by atoms with Crippen molar-refractivity contribution in [3.63, 3.8) is 0 Å². The lowest BCUT2D eigenvalue weighted by Gasteiger charge is -2.37. The van der Waals surface area contributed by atoms with Gasteiger partial charge in [0.1, 0.15) is 18.3 Å². The van der Waals surface area contributed by atoms with Gasteiger partial charge in [0.2, 0.25) is 5.91 Å². The van der Waals surface area contributed by atoms with Gasteiger partial charge in [0, 0.05) is 41.2 Å². The van der Waals surface area contributed by atoms with Gasteiger partial charge >= 0.3 is 0 Å². The summed E-state index contributed by atoms with van der Waals surface area (Å²) < 4.78 is 5.66. The van der Waals surface area contributed by atoms with Crippen LogP contribution in [0.3, 0.4) is 0 Å². The number of hydrogen-bond donors (Lipinski definition) is 7. The molecule has 2 aliphatic heterocycles. The molecule has 0 spiro atoms. The molecule has 0 radical (unpaired) electrons. The molecule has 2 aliphatic rings. The van der Waals surface area contributed by atoms with E-state index in [4.69, 9.17) is 4.74 Å². The fourth-order valence-electron chi connectivity index (χ4n) is 6.16. The molecule has 50 heavy (non-hydrogen) atoms. The van der Waals surface area contributed by atoms with E-state index in [9.17, 15) is 45.0 Å². The zero-order valence-electron chi connectivity index (χ0n) is 27.2. The molecular weight excluding hydrogens is 714 g/mol. The van der Waals surface area contributed by atoms with E-state index in [-0.39, 0.29) is 37.7 Å². The van der Waals surface area contributed by atoms with Crippen molar-refractivity contribution in [2.24, 2.45) is 5.92 Å². The lowest BCUT2D eigenvalue weighted by Crippen LogP contribution is -2.60. The van der Waals surface area contributed by atoms with Crippen molar-refractivity contribution in [1.29, 1.82) is 0 Å². The van der Waals surface area contributed by atoms with Gasteiger partial charge < -0.3 is 50.5 Å². The molecule has 0 aromatic heterocycles. The minimum atomic E-state index is -1.97. The van der Waals surface area contributed by atoms with E-state index in [0.717, 1.165) is 5.56 Å². The Kier molecular flexibility index (Phi) is 11.9. The number of aliphatic hydroxyl groups excluding tert-OH is 5. The number of carbonyl (C=O) groups is 3. The highest BCUT2D eigenvalue weighted by Crippen LogP contribution is 2.46. The van der Waals surface area contributed by atoms with Crippen molar-refractivity contribution < 1.29 is 49.8 Å². The second-order valence-electron chi connectivity index (χ2n) is 12.4. The van der Waals surface area contributed by atoms with E-state index in [1.165, 1.54) is 4.90 Å². The largest absolute Gasteiger partial charge is 0.395 e. The number of benzene rings is 3. The van der Waals surface area contributed by atoms with Crippen LogP contribution in [0.4, 0.5) is 11.4 Å². The monoisotopic (exact) mass is 753 g/mol. The molecule has 1 saturated heterocycles. The van der Waals surface area contributed by atoms with E-state index in [0.29, 0.717) is 27.8 Å². The maximum Gasteiger partial charge on any atom is 0.264 e. The smallest absolute Gasteiger partial charge is 0.264 e. The van der Waals surface area contributed by atoms with Gasteiger partial charge in [-0.2, -0.15) is 0 Å². The standard InChI is InChI=1S/C36H40BrN3O10/c1-21(7-5-12-28(42)39(15-16-41)19-22-8-3-2-4-9-22)36(49)26-18-24(37)13-14-27(26)40(35(36)48)20-23-10-6-11-25(17-23)38-33(46)32-30(44)29(43)31(45)34(47)50-32/h2-11,13-14,17-18,21,29-32,34,41,43-45,47,49H,12,15-16,19-20H2,1H3,(H,38,46)/b7-5+/t21-,29-,30-,31+,32-,34+,36+/m0/s1. The SMILES string of the molecule is C[C@@H](/C=C/CC(=O)N(CCO)Cc1ccccc1)[C@]1(O)C(=O)N(Cc2cccc(NC(=O)[C@H]3O[C@@H](O)[C@H](O)[C@@H](O)[C@@H]3O)c2)c2ccc(Br)cc21. The van der Waals surface area contributed by atoms with Crippen LogP contribution in [0.5, 0.6) is 0 Å². The maximum absolute atomic E-state index is 14.1. The number of ether oxygens (including phenoxy) is 1. The summed E-state index contributed by atoms with van der Waals surface area (Å²) in [4.78, 5) is 43.0. The van der Waals surface area contributed by atoms with E-state index in [1.807, 2.05) is 30.3 Å². The Balaban J connectivity index is 1.30. The number of rotatable bonds is 12. The highest BCUT2D eigenvalue weighted by molar-refractivity contribution is 9.10. The first-order valence-electron chi connectivity index (χ1n) is 16.1. The molecule has 13 nitrogen and oxygen atoms in total. The summed E-state index contributed by atoms with van der Waals surface area (Å²) in [6, 6.07) is 21.0. The van der Waals surface area contributed by atoms with E-state index in [1.54, 1.807) is 66.4 Å². The zero-order valence-corrected chi connectivity index (χ0v) is 28.8. The average Bonchev–Trinajstić information content (AvgIpc) is 3.31. The van der Waals surface area contributed by atoms with Gasteiger partial charge in [-0.1, -0.05) is 77.5 Å². The summed E-state index contributed by atoms with van der Waals surface area (Å²) in [7, 11) is 0. The lowest BCUT2D eigenvalue weighted by atomic mass is 9.83. The van der Waals surface area contributed by atoms with Crippen LogP contribution >= 0.6 is 15.9 Å². The van der Waals surface area contributed by atoms with Crippen LogP contribution in [-0.2, 0) is 37.8 Å². The second kappa shape index (κ2) is 15.9. The summed E-state index contributed by atoms with van der Waals surface area (Å²) in [6.45, 7) is 2.00. The van der Waals surface area contributed by atoms with Crippen LogP contribution in [0.2, 0.25) is 0 Å². The number of nitrogens with zero attached hydrogens (tertiary/aromatic N) is 2. The molecule has 0 aliphatic carbocycles. The normalized spacial score (nSPS) is 25.4. The number of aliphatic hydroxyl groups is 6. The number of amides is 3. The van der Waals surface area contributed by atoms with Crippen LogP contribution in [0.25, 0.3) is 0 Å². The number of hydrogen-bond acceptors (Lipinski definition) is 10. The van der Waals surface area contributed by atoms with Gasteiger partial charge in [-0.25, -0.2) is 0 Å². The fraction of sp³-hybridized carbons (Fsp3) is 0.361. The molecule has 3 aromatic rings. The van der Waals surface area contributed by atoms with Gasteiger partial charge in [-0.3, -0.25) is 14.4 Å². The van der Waals surface area contributed by atoms with E-state index < -0.39 is 54.0 Å². The summed E-state index contributed by atoms with van der Waals surface area (Å²) in [6.07, 6.45) is -5.69. The van der Waals surface area contributed by atoms with E-state index >= 15 is 0 Å². The minimum absolute atomic E-state index is 0.00353. The van der Waals surface area contributed by atoms with Crippen molar-refractivity contribution in [2.45, 2.75) is 62.7 Å². The molecule has 7 atom stereocenters. The quantitative estimate of drug-likeness (QED) is 0.133. The average molecular weight is 755 g/mol. The minimum Gasteiger partial charge on any atom is -0.395 e. The Morgan fingerprint density at radius 1 is 1.00 bits per heavy atom. The van der Waals surface area contributed by atoms with Crippen LogP contribution < -0.4 is 10.2 Å². The van der Waals surface area contributed by atoms with Crippen LogP contribution in [0.1, 0.15) is 30.0 Å². The lowest BCUT2D eigenvalue weighted by molar-refractivity contribution is -0.274. The van der Waals surface area contributed by atoms with Crippen molar-refractivity contribution in [1.82, 2.24) is 4.90 Å². The van der Waals surface area contributed by atoms with Crippen molar-refractivity contribution in [2.75, 3.05) is 23.4 Å². The molecule has 5 rings (SSSR count). The Morgan fingerprint density at radius 3 is 2.44 bits per heavy atom. The molecular formula is C36H40BrN3O10. The van der Waals surface area contributed by atoms with Gasteiger partial charge in [0.25, 0.3) is 11.8 Å². The predicted octanol–water partition coefficient (Wildman–Crippen LogP) is 1.53. The molecule has 3 amide bonds. The Morgan fingerprint density at radius 2 is 1.72 bits per heavy atom. The molecule has 2 heterocycles. The van der Waals surface area contributed by atoms with Gasteiger partial charge in [0.15, 0.2) is 18.0 Å². The van der Waals surface area contributed by atoms with Crippen molar-refractivity contribution in [3.05, 3.63) is 106 Å². The molecule has 3 aromatic carbocycles. The number of carbonyl (C=O) groups excluding carboxylic acids is 3. The molecule has 266 valence electrons. The number of halogens is 1. The molecule has 14 heteroatoms. The first-order chi connectivity index (χ1) is 23.8. The third-order valence-corrected chi connectivity index (χ3v) is 9.42. The third kappa shape index (κ3) is 7.82. The molecule has 0 unspecified atom stereocenters. The third-order valence-electron chi connectivity index (χ3n) is 8.93. The first-order valence-corrected chi connectivity index (χ1v) is 16.9. The Hall–Kier alpha value is -3.99. The highest BCUT2D eigenvalue weighted by Gasteiger charge is 2.52. The van der Waals surface area contributed by atoms with Crippen molar-refractivity contribution >= 4 is 45.0 Å². The van der Waals surface area contributed by atoms with Gasteiger partial charge in [0.05, 0.1) is 18.8 Å². The van der Waals surface area contributed by atoms with Crippen LogP contribution in [-0.4, -0.2) is 97.1 Å². The molecule has 1 fully saturated rings.